The molecule has 0 bridgehead atoms. The number of aromatic nitrogens is 1. The smallest absolute Gasteiger partial charge is 0.243 e. The van der Waals surface area contributed by atoms with Gasteiger partial charge in [-0.15, -0.1) is 0 Å². The molecule has 1 aromatic rings. The van der Waals surface area contributed by atoms with Gasteiger partial charge in [-0.2, -0.15) is 0 Å². The van der Waals surface area contributed by atoms with E-state index in [0.29, 0.717) is 5.69 Å². The third-order valence-electron chi connectivity index (χ3n) is 2.90. The first-order valence-corrected chi connectivity index (χ1v) is 6.61. The Morgan fingerprint density at radius 2 is 2.32 bits per heavy atom. The molecule has 1 rings (SSSR count). The van der Waals surface area contributed by atoms with Gasteiger partial charge in [0.15, 0.2) is 0 Å². The van der Waals surface area contributed by atoms with E-state index in [1.54, 1.807) is 6.07 Å². The summed E-state index contributed by atoms with van der Waals surface area (Å²) in [5.74, 6) is -0.191. The van der Waals surface area contributed by atoms with Crippen LogP contribution in [0.15, 0.2) is 30.9 Å². The summed E-state index contributed by atoms with van der Waals surface area (Å²) in [4.78, 5) is 15.8. The van der Waals surface area contributed by atoms with Gasteiger partial charge in [0.2, 0.25) is 5.91 Å². The predicted molar refractivity (Wildman–Crippen MR) is 77.3 cm³/mol. The van der Waals surface area contributed by atoms with Crippen LogP contribution in [-0.2, 0) is 4.79 Å². The van der Waals surface area contributed by atoms with Crippen molar-refractivity contribution in [3.8, 4) is 0 Å². The average Bonchev–Trinajstić information content (AvgIpc) is 2.46. The first-order valence-electron chi connectivity index (χ1n) is 6.61. The van der Waals surface area contributed by atoms with E-state index >= 15 is 0 Å². The first kappa shape index (κ1) is 15.1. The van der Waals surface area contributed by atoms with Gasteiger partial charge in [-0.1, -0.05) is 38.8 Å². The number of amides is 1. The quantitative estimate of drug-likeness (QED) is 0.428. The van der Waals surface area contributed by atoms with Crippen molar-refractivity contribution in [3.05, 3.63) is 42.2 Å². The Morgan fingerprint density at radius 3 is 2.95 bits per heavy atom. The van der Waals surface area contributed by atoms with Gasteiger partial charge in [0.05, 0.1) is 17.4 Å². The van der Waals surface area contributed by atoms with Gasteiger partial charge in [0.1, 0.15) is 0 Å². The maximum Gasteiger partial charge on any atom is 0.243 e. The minimum absolute atomic E-state index is 0.114. The third kappa shape index (κ3) is 5.04. The number of pyridine rings is 1. The van der Waals surface area contributed by atoms with Crippen molar-refractivity contribution >= 4 is 12.1 Å². The first-order chi connectivity index (χ1) is 9.21. The van der Waals surface area contributed by atoms with Crippen molar-refractivity contribution in [2.75, 3.05) is 0 Å². The van der Waals surface area contributed by atoms with Crippen LogP contribution in [0.4, 0.5) is 0 Å². The van der Waals surface area contributed by atoms with E-state index in [9.17, 15) is 4.79 Å². The molecule has 1 amide bonds. The summed E-state index contributed by atoms with van der Waals surface area (Å²) >= 11 is 0. The molecule has 0 aromatic carbocycles. The molecule has 0 aliphatic heterocycles. The maximum absolute atomic E-state index is 11.5. The lowest BCUT2D eigenvalue weighted by Gasteiger charge is -2.17. The second-order valence-electron chi connectivity index (χ2n) is 4.39. The lowest BCUT2D eigenvalue weighted by Crippen LogP contribution is -2.27. The zero-order valence-corrected chi connectivity index (χ0v) is 11.4. The van der Waals surface area contributed by atoms with Crippen LogP contribution in [-0.4, -0.2) is 17.1 Å². The topological polar surface area (TPSA) is 65.8 Å². The molecular formula is C15H21N3O. The van der Waals surface area contributed by atoms with E-state index in [2.05, 4.69) is 23.8 Å². The van der Waals surface area contributed by atoms with Crippen molar-refractivity contribution in [2.24, 2.45) is 0 Å². The fraction of sp³-hybridized carbons (Fsp3) is 0.400. The molecule has 19 heavy (non-hydrogen) atoms. The molecule has 0 aliphatic rings. The Labute approximate surface area is 114 Å². The van der Waals surface area contributed by atoms with Crippen molar-refractivity contribution in [1.29, 1.82) is 5.41 Å². The molecule has 0 saturated heterocycles. The second-order valence-corrected chi connectivity index (χ2v) is 4.39. The summed E-state index contributed by atoms with van der Waals surface area (Å²) in [6, 6.07) is 5.40. The fourth-order valence-corrected chi connectivity index (χ4v) is 1.87. The van der Waals surface area contributed by atoms with Crippen LogP contribution in [0.1, 0.15) is 50.0 Å². The van der Waals surface area contributed by atoms with Gasteiger partial charge < -0.3 is 10.7 Å². The molecule has 1 aromatic heterocycles. The van der Waals surface area contributed by atoms with Gasteiger partial charge in [0.25, 0.3) is 0 Å². The minimum Gasteiger partial charge on any atom is -0.344 e. The lowest BCUT2D eigenvalue weighted by molar-refractivity contribution is -0.117. The fourth-order valence-electron chi connectivity index (χ4n) is 1.87. The molecule has 102 valence electrons. The van der Waals surface area contributed by atoms with Gasteiger partial charge in [-0.3, -0.25) is 4.79 Å². The summed E-state index contributed by atoms with van der Waals surface area (Å²) < 4.78 is 0. The molecule has 1 atom stereocenters. The Bertz CT molecular complexity index is 443. The zero-order chi connectivity index (χ0) is 14.1. The van der Waals surface area contributed by atoms with E-state index in [-0.39, 0.29) is 11.9 Å². The number of unbranched alkanes of at least 4 members (excludes halogenated alkanes) is 2. The summed E-state index contributed by atoms with van der Waals surface area (Å²) in [6.07, 6.45) is 6.63. The van der Waals surface area contributed by atoms with Crippen LogP contribution in [0.3, 0.4) is 0 Å². The highest BCUT2D eigenvalue weighted by Gasteiger charge is 2.14. The molecule has 0 radical (unpaired) electrons. The lowest BCUT2D eigenvalue weighted by atomic mass is 10.0. The van der Waals surface area contributed by atoms with Gasteiger partial charge in [-0.25, -0.2) is 4.98 Å². The SMILES string of the molecule is C=CC(=O)NC(CCCCC)c1cccc(C=N)n1. The standard InChI is InChI=1S/C15H21N3O/c1-3-5-6-9-14(18-15(19)4-2)13-10-7-8-12(11-16)17-13/h4,7-8,10-11,14,16H,2-3,5-6,9H2,1H3,(H,18,19). The molecule has 0 aliphatic carbocycles. The molecule has 4 nitrogen and oxygen atoms in total. The van der Waals surface area contributed by atoms with Crippen molar-refractivity contribution < 1.29 is 4.79 Å². The number of carbonyl (C=O) groups excluding carboxylic acids is 1. The molecule has 0 fully saturated rings. The number of nitrogens with zero attached hydrogens (tertiary/aromatic N) is 1. The third-order valence-corrected chi connectivity index (χ3v) is 2.90. The van der Waals surface area contributed by atoms with E-state index in [1.807, 2.05) is 12.1 Å². The average molecular weight is 259 g/mol. The number of hydrogen-bond donors (Lipinski definition) is 2. The number of nitrogens with one attached hydrogen (secondary N) is 2. The van der Waals surface area contributed by atoms with Crippen molar-refractivity contribution in [1.82, 2.24) is 10.3 Å². The molecule has 1 heterocycles. The Hall–Kier alpha value is -1.97. The van der Waals surface area contributed by atoms with Gasteiger partial charge in [-0.05, 0) is 24.6 Å². The van der Waals surface area contributed by atoms with E-state index in [0.717, 1.165) is 31.4 Å². The predicted octanol–water partition coefficient (Wildman–Crippen LogP) is 3.00. The minimum atomic E-state index is -0.191. The molecule has 2 N–H and O–H groups in total. The second kappa shape index (κ2) is 8.19. The van der Waals surface area contributed by atoms with E-state index in [4.69, 9.17) is 5.41 Å². The summed E-state index contributed by atoms with van der Waals surface area (Å²) in [6.45, 7) is 5.61. The highest BCUT2D eigenvalue weighted by molar-refractivity contribution is 5.87. The highest BCUT2D eigenvalue weighted by Crippen LogP contribution is 2.18. The monoisotopic (exact) mass is 259 g/mol. The zero-order valence-electron chi connectivity index (χ0n) is 11.4. The molecule has 4 heteroatoms. The summed E-state index contributed by atoms with van der Waals surface area (Å²) in [5.41, 5.74) is 1.40. The summed E-state index contributed by atoms with van der Waals surface area (Å²) in [7, 11) is 0. The Morgan fingerprint density at radius 1 is 1.53 bits per heavy atom. The largest absolute Gasteiger partial charge is 0.344 e. The number of carbonyl (C=O) groups is 1. The molecule has 0 spiro atoms. The van der Waals surface area contributed by atoms with Crippen molar-refractivity contribution in [3.63, 3.8) is 0 Å². The van der Waals surface area contributed by atoms with Crippen LogP contribution < -0.4 is 5.32 Å². The number of rotatable bonds is 8. The van der Waals surface area contributed by atoms with Crippen LogP contribution in [0, 0.1) is 5.41 Å². The van der Waals surface area contributed by atoms with Crippen LogP contribution in [0.5, 0.6) is 0 Å². The molecule has 0 saturated carbocycles. The van der Waals surface area contributed by atoms with Crippen LogP contribution in [0.25, 0.3) is 0 Å². The van der Waals surface area contributed by atoms with Crippen LogP contribution in [0.2, 0.25) is 0 Å². The van der Waals surface area contributed by atoms with Gasteiger partial charge in [0, 0.05) is 6.21 Å². The van der Waals surface area contributed by atoms with E-state index < -0.39 is 0 Å². The molecule has 1 unspecified atom stereocenters. The van der Waals surface area contributed by atoms with Gasteiger partial charge >= 0.3 is 0 Å². The van der Waals surface area contributed by atoms with Crippen LogP contribution >= 0.6 is 0 Å². The Kier molecular flexibility index (Phi) is 6.50. The van der Waals surface area contributed by atoms with Crippen molar-refractivity contribution in [2.45, 2.75) is 38.6 Å². The Balaban J connectivity index is 2.83. The highest BCUT2D eigenvalue weighted by atomic mass is 16.1. The van der Waals surface area contributed by atoms with E-state index in [1.165, 1.54) is 12.3 Å². The normalized spacial score (nSPS) is 11.6. The molecular weight excluding hydrogens is 238 g/mol. The summed E-state index contributed by atoms with van der Waals surface area (Å²) in [5, 5.41) is 10.1. The number of hydrogen-bond acceptors (Lipinski definition) is 3. The maximum atomic E-state index is 11.5.